The molecule has 2 aromatic rings. The monoisotopic (exact) mass is 347 g/mol. The second kappa shape index (κ2) is 7.99. The van der Waals surface area contributed by atoms with E-state index in [0.29, 0.717) is 17.0 Å². The van der Waals surface area contributed by atoms with Gasteiger partial charge in [0, 0.05) is 18.2 Å². The van der Waals surface area contributed by atoms with Gasteiger partial charge in [-0.25, -0.2) is 0 Å². The van der Waals surface area contributed by atoms with E-state index >= 15 is 0 Å². The molecule has 0 aromatic heterocycles. The van der Waals surface area contributed by atoms with Gasteiger partial charge in [0.1, 0.15) is 0 Å². The zero-order valence-corrected chi connectivity index (χ0v) is 14.0. The maximum atomic E-state index is 11.1. The summed E-state index contributed by atoms with van der Waals surface area (Å²) in [5, 5.41) is 28.0. The van der Waals surface area contributed by atoms with E-state index in [4.69, 9.17) is 10.1 Å². The van der Waals surface area contributed by atoms with Crippen LogP contribution in [0.5, 0.6) is 5.75 Å². The molecule has 0 N–H and O–H groups in total. The fraction of sp³-hybridized carbons (Fsp3) is 0.200. The Morgan fingerprint density at radius 2 is 1.83 bits per heavy atom. The molecule has 0 spiro atoms. The van der Waals surface area contributed by atoms with Crippen molar-refractivity contribution in [3.63, 3.8) is 0 Å². The first-order valence-corrected chi connectivity index (χ1v) is 6.66. The van der Waals surface area contributed by atoms with E-state index in [0.717, 1.165) is 5.56 Å². The highest BCUT2D eigenvalue weighted by Crippen LogP contribution is 2.36. The molecule has 0 amide bonds. The number of ether oxygens (including phenoxy) is 1. The second-order valence-corrected chi connectivity index (χ2v) is 4.86. The van der Waals surface area contributed by atoms with E-state index in [2.05, 4.69) is 15.2 Å². The number of hydrogen-bond acceptors (Lipinski definition) is 6. The van der Waals surface area contributed by atoms with Crippen LogP contribution in [0.2, 0.25) is 0 Å². The number of aryl methyl sites for hydroxylation is 2. The Kier molecular flexibility index (Phi) is 6.32. The lowest BCUT2D eigenvalue weighted by molar-refractivity contribution is -0.384. The summed E-state index contributed by atoms with van der Waals surface area (Å²) >= 11 is 0. The fourth-order valence-corrected chi connectivity index (χ4v) is 1.98. The molecule has 0 aliphatic rings. The summed E-state index contributed by atoms with van der Waals surface area (Å²) in [5.74, 6) is 0.324. The van der Waals surface area contributed by atoms with Crippen molar-refractivity contribution >= 4 is 22.7 Å². The van der Waals surface area contributed by atoms with Crippen molar-refractivity contribution in [3.05, 3.63) is 56.5 Å². The summed E-state index contributed by atoms with van der Waals surface area (Å²) in [6, 6.07) is 7.84. The summed E-state index contributed by atoms with van der Waals surface area (Å²) in [4.78, 5) is 13.7. The van der Waals surface area contributed by atoms with Crippen LogP contribution >= 0.6 is 0 Å². The first-order valence-electron chi connectivity index (χ1n) is 6.66. The number of methoxy groups -OCH3 is 1. The van der Waals surface area contributed by atoms with Crippen LogP contribution in [0.4, 0.5) is 22.7 Å². The molecule has 0 fully saturated rings. The van der Waals surface area contributed by atoms with E-state index in [-0.39, 0.29) is 29.5 Å². The Morgan fingerprint density at radius 1 is 1.17 bits per heavy atom. The van der Waals surface area contributed by atoms with Gasteiger partial charge in [-0.05, 0) is 31.0 Å². The van der Waals surface area contributed by atoms with Gasteiger partial charge in [-0.15, -0.1) is 10.2 Å². The molecular weight excluding hydrogens is 334 g/mol. The van der Waals surface area contributed by atoms with E-state index in [1.807, 2.05) is 0 Å². The molecule has 0 atom stereocenters. The Labute approximate surface area is 144 Å². The van der Waals surface area contributed by atoms with Gasteiger partial charge >= 0.3 is 5.69 Å². The molecule has 0 unspecified atom stereocenters. The standard InChI is InChI=1S/C15H14N5O3.ClH/c1-9-4-5-11(14(6-9)20(21)22)18-19-12-8-15(23-3)13(17-16)7-10(12)2;/h4-8H,1-3H3;1H/q+1;/p-1. The molecule has 0 saturated carbocycles. The highest BCUT2D eigenvalue weighted by molar-refractivity contribution is 5.66. The van der Waals surface area contributed by atoms with Gasteiger partial charge in [-0.1, -0.05) is 6.07 Å². The van der Waals surface area contributed by atoms with Crippen molar-refractivity contribution in [1.29, 1.82) is 5.39 Å². The molecular formula is C15H14ClN5O3. The van der Waals surface area contributed by atoms with Crippen molar-refractivity contribution in [1.82, 2.24) is 0 Å². The minimum atomic E-state index is -0.497. The van der Waals surface area contributed by atoms with Gasteiger partial charge in [0.05, 0.1) is 17.7 Å². The minimum Gasteiger partial charge on any atom is -1.00 e. The molecule has 0 radical (unpaired) electrons. The molecule has 0 aliphatic carbocycles. The summed E-state index contributed by atoms with van der Waals surface area (Å²) in [6.45, 7) is 3.52. The van der Waals surface area contributed by atoms with Crippen LogP contribution in [-0.4, -0.2) is 12.0 Å². The van der Waals surface area contributed by atoms with Crippen molar-refractivity contribution in [2.24, 2.45) is 10.2 Å². The third-order valence-electron chi connectivity index (χ3n) is 3.20. The summed E-state index contributed by atoms with van der Waals surface area (Å²) in [5.41, 5.74) is 2.24. The molecule has 8 nitrogen and oxygen atoms in total. The average molecular weight is 348 g/mol. The first-order chi connectivity index (χ1) is 11.0. The molecule has 0 heterocycles. The lowest BCUT2D eigenvalue weighted by Gasteiger charge is -2.01. The highest BCUT2D eigenvalue weighted by Gasteiger charge is 2.18. The molecule has 0 bridgehead atoms. The van der Waals surface area contributed by atoms with Crippen LogP contribution in [0.3, 0.4) is 0 Å². The number of diazo groups is 1. The van der Waals surface area contributed by atoms with Crippen molar-refractivity contribution in [2.45, 2.75) is 13.8 Å². The molecule has 124 valence electrons. The zero-order chi connectivity index (χ0) is 17.0. The summed E-state index contributed by atoms with van der Waals surface area (Å²) < 4.78 is 5.10. The van der Waals surface area contributed by atoms with E-state index in [1.54, 1.807) is 38.1 Å². The van der Waals surface area contributed by atoms with Crippen molar-refractivity contribution < 1.29 is 22.1 Å². The quantitative estimate of drug-likeness (QED) is 0.365. The molecule has 0 saturated heterocycles. The summed E-state index contributed by atoms with van der Waals surface area (Å²) in [7, 11) is 1.44. The van der Waals surface area contributed by atoms with Crippen LogP contribution < -0.4 is 17.1 Å². The number of nitro groups is 1. The topological polar surface area (TPSA) is 105 Å². The van der Waals surface area contributed by atoms with Gasteiger partial charge in [-0.2, -0.15) is 0 Å². The van der Waals surface area contributed by atoms with E-state index in [9.17, 15) is 10.1 Å². The number of azo groups is 1. The number of halogens is 1. The average Bonchev–Trinajstić information content (AvgIpc) is 2.54. The van der Waals surface area contributed by atoms with Gasteiger partial charge < -0.3 is 17.1 Å². The smallest absolute Gasteiger partial charge is 0.426 e. The molecule has 2 rings (SSSR count). The predicted octanol–water partition coefficient (Wildman–Crippen LogP) is 2.12. The highest BCUT2D eigenvalue weighted by atomic mass is 35.5. The van der Waals surface area contributed by atoms with Gasteiger partial charge in [0.25, 0.3) is 5.69 Å². The lowest BCUT2D eigenvalue weighted by atomic mass is 10.1. The molecule has 0 aliphatic heterocycles. The van der Waals surface area contributed by atoms with Crippen LogP contribution in [0, 0.1) is 29.4 Å². The van der Waals surface area contributed by atoms with Gasteiger partial charge in [-0.3, -0.25) is 10.1 Å². The van der Waals surface area contributed by atoms with Crippen LogP contribution in [-0.2, 0) is 0 Å². The first kappa shape index (κ1) is 19.0. The van der Waals surface area contributed by atoms with Crippen LogP contribution in [0.1, 0.15) is 11.1 Å². The number of nitrogens with zero attached hydrogens (tertiary/aromatic N) is 5. The van der Waals surface area contributed by atoms with Crippen LogP contribution in [0.25, 0.3) is 4.98 Å². The SMILES string of the molecule is COc1cc(N=Nc2ccc(C)cc2[N+](=O)[O-])c(C)cc1[N+]#N.[Cl-]. The van der Waals surface area contributed by atoms with Crippen molar-refractivity contribution in [3.8, 4) is 5.75 Å². The Hall–Kier alpha value is -3.05. The minimum absolute atomic E-state index is 0. The number of rotatable bonds is 4. The number of hydrogen-bond donors (Lipinski definition) is 0. The van der Waals surface area contributed by atoms with E-state index < -0.39 is 4.92 Å². The maximum absolute atomic E-state index is 11.1. The van der Waals surface area contributed by atoms with E-state index in [1.165, 1.54) is 13.2 Å². The Bertz CT molecular complexity index is 846. The maximum Gasteiger partial charge on any atom is 0.426 e. The Morgan fingerprint density at radius 3 is 2.42 bits per heavy atom. The number of benzene rings is 2. The number of nitro benzene ring substituents is 1. The lowest BCUT2D eigenvalue weighted by Crippen LogP contribution is -3.00. The van der Waals surface area contributed by atoms with Crippen LogP contribution in [0.15, 0.2) is 40.6 Å². The fourth-order valence-electron chi connectivity index (χ4n) is 1.98. The third kappa shape index (κ3) is 4.02. The third-order valence-corrected chi connectivity index (χ3v) is 3.20. The van der Waals surface area contributed by atoms with Crippen molar-refractivity contribution in [2.75, 3.05) is 7.11 Å². The normalized spacial score (nSPS) is 10.1. The zero-order valence-electron chi connectivity index (χ0n) is 13.2. The summed E-state index contributed by atoms with van der Waals surface area (Å²) in [6.07, 6.45) is 0. The molecule has 2 aromatic carbocycles. The molecule has 9 heteroatoms. The Balaban J connectivity index is 0.00000288. The molecule has 24 heavy (non-hydrogen) atoms. The second-order valence-electron chi connectivity index (χ2n) is 4.86. The van der Waals surface area contributed by atoms with Gasteiger partial charge in [0.15, 0.2) is 10.7 Å². The predicted molar refractivity (Wildman–Crippen MR) is 84.5 cm³/mol. The van der Waals surface area contributed by atoms with Gasteiger partial charge in [0.2, 0.25) is 11.1 Å². The largest absolute Gasteiger partial charge is 1.00 e.